The van der Waals surface area contributed by atoms with Gasteiger partial charge in [-0.1, -0.05) is 13.8 Å². The Morgan fingerprint density at radius 2 is 1.83 bits per heavy atom. The molecule has 0 aliphatic carbocycles. The fourth-order valence-electron chi connectivity index (χ4n) is 1.19. The second-order valence-corrected chi connectivity index (χ2v) is 3.01. The molecule has 0 rings (SSSR count). The molecule has 0 amide bonds. The molecule has 0 heterocycles. The van der Waals surface area contributed by atoms with E-state index in [1.807, 2.05) is 0 Å². The Bertz CT molecular complexity index is 119. The first-order valence-electron chi connectivity index (χ1n) is 4.76. The maximum Gasteiger partial charge on any atom is 0.0905 e. The van der Waals surface area contributed by atoms with Crippen LogP contribution >= 0.6 is 0 Å². The van der Waals surface area contributed by atoms with Crippen molar-refractivity contribution in [3.8, 4) is 0 Å². The van der Waals surface area contributed by atoms with E-state index in [1.54, 1.807) is 0 Å². The molecular formula is C9H21N3. The summed E-state index contributed by atoms with van der Waals surface area (Å²) in [5.74, 6) is 0.314. The number of nitrogens with two attached hydrogens (primary N) is 1. The molecule has 0 aliphatic rings. The number of rotatable bonds is 7. The monoisotopic (exact) mass is 171 g/mol. The third-order valence-electron chi connectivity index (χ3n) is 2.06. The molecule has 0 bridgehead atoms. The van der Waals surface area contributed by atoms with Crippen LogP contribution in [0.4, 0.5) is 0 Å². The molecule has 3 nitrogen and oxygen atoms in total. The van der Waals surface area contributed by atoms with E-state index in [0.29, 0.717) is 5.84 Å². The Balaban J connectivity index is 3.23. The molecule has 3 N–H and O–H groups in total. The minimum atomic E-state index is 0.314. The van der Waals surface area contributed by atoms with Crippen LogP contribution in [0.25, 0.3) is 0 Å². The highest BCUT2D eigenvalue weighted by atomic mass is 15.1. The van der Waals surface area contributed by atoms with E-state index in [4.69, 9.17) is 11.1 Å². The standard InChI is InChI=1S/C9H21N3/c1-3-12(4-2)8-6-5-7-9(10)11/h3-8H2,1-2H3,(H3,10,11). The molecule has 0 saturated carbocycles. The van der Waals surface area contributed by atoms with E-state index in [9.17, 15) is 0 Å². The average molecular weight is 171 g/mol. The van der Waals surface area contributed by atoms with Gasteiger partial charge in [0.15, 0.2) is 0 Å². The molecule has 72 valence electrons. The van der Waals surface area contributed by atoms with Crippen LogP contribution in [0.2, 0.25) is 0 Å². The summed E-state index contributed by atoms with van der Waals surface area (Å²) in [6.07, 6.45) is 2.95. The Hall–Kier alpha value is -0.570. The lowest BCUT2D eigenvalue weighted by Gasteiger charge is -2.17. The maximum absolute atomic E-state index is 7.03. The van der Waals surface area contributed by atoms with Crippen molar-refractivity contribution < 1.29 is 0 Å². The quantitative estimate of drug-likeness (QED) is 0.346. The third-order valence-corrected chi connectivity index (χ3v) is 2.06. The molecule has 0 saturated heterocycles. The van der Waals surface area contributed by atoms with Crippen molar-refractivity contribution in [3.63, 3.8) is 0 Å². The number of hydrogen-bond acceptors (Lipinski definition) is 2. The summed E-state index contributed by atoms with van der Waals surface area (Å²) in [6.45, 7) is 7.73. The molecule has 0 radical (unpaired) electrons. The lowest BCUT2D eigenvalue weighted by molar-refractivity contribution is 0.297. The maximum atomic E-state index is 7.03. The van der Waals surface area contributed by atoms with E-state index in [-0.39, 0.29) is 0 Å². The summed E-state index contributed by atoms with van der Waals surface area (Å²) >= 11 is 0. The molecule has 0 aromatic heterocycles. The first-order valence-corrected chi connectivity index (χ1v) is 4.76. The molecule has 3 heteroatoms. The van der Waals surface area contributed by atoms with Crippen molar-refractivity contribution in [3.05, 3.63) is 0 Å². The normalized spacial score (nSPS) is 10.6. The third kappa shape index (κ3) is 6.16. The van der Waals surface area contributed by atoms with Gasteiger partial charge in [-0.05, 0) is 32.5 Å². The predicted octanol–water partition coefficient (Wildman–Crippen LogP) is 1.43. The van der Waals surface area contributed by atoms with Crippen LogP contribution in [0.15, 0.2) is 0 Å². The van der Waals surface area contributed by atoms with Gasteiger partial charge in [0.25, 0.3) is 0 Å². The number of hydrogen-bond donors (Lipinski definition) is 2. The second-order valence-electron chi connectivity index (χ2n) is 3.01. The number of amidine groups is 1. The molecule has 0 unspecified atom stereocenters. The van der Waals surface area contributed by atoms with E-state index in [1.165, 1.54) is 0 Å². The van der Waals surface area contributed by atoms with Crippen molar-refractivity contribution in [1.29, 1.82) is 5.41 Å². The van der Waals surface area contributed by atoms with Gasteiger partial charge in [-0.3, -0.25) is 5.41 Å². The molecule has 0 aromatic carbocycles. The SMILES string of the molecule is CCN(CC)CCCCC(=N)N. The van der Waals surface area contributed by atoms with Gasteiger partial charge in [0.05, 0.1) is 5.84 Å². The zero-order valence-electron chi connectivity index (χ0n) is 8.27. The largest absolute Gasteiger partial charge is 0.388 e. The smallest absolute Gasteiger partial charge is 0.0905 e. The first-order chi connectivity index (χ1) is 5.70. The summed E-state index contributed by atoms with van der Waals surface area (Å²) in [4.78, 5) is 2.39. The first kappa shape index (κ1) is 11.4. The van der Waals surface area contributed by atoms with E-state index in [0.717, 1.165) is 38.9 Å². The molecule has 0 aliphatic heterocycles. The van der Waals surface area contributed by atoms with E-state index in [2.05, 4.69) is 18.7 Å². The lowest BCUT2D eigenvalue weighted by Crippen LogP contribution is -2.24. The van der Waals surface area contributed by atoms with Crippen LogP contribution in [-0.4, -0.2) is 30.4 Å². The fourth-order valence-corrected chi connectivity index (χ4v) is 1.19. The van der Waals surface area contributed by atoms with Crippen LogP contribution in [0.3, 0.4) is 0 Å². The number of nitrogens with one attached hydrogen (secondary N) is 1. The second kappa shape index (κ2) is 7.10. The predicted molar refractivity (Wildman–Crippen MR) is 53.6 cm³/mol. The number of nitrogens with zero attached hydrogens (tertiary/aromatic N) is 1. The van der Waals surface area contributed by atoms with Gasteiger partial charge in [-0.25, -0.2) is 0 Å². The summed E-state index contributed by atoms with van der Waals surface area (Å²) in [5.41, 5.74) is 5.24. The van der Waals surface area contributed by atoms with Gasteiger partial charge >= 0.3 is 0 Å². The molecule has 0 spiro atoms. The van der Waals surface area contributed by atoms with Crippen molar-refractivity contribution in [2.45, 2.75) is 33.1 Å². The molecule has 12 heavy (non-hydrogen) atoms. The van der Waals surface area contributed by atoms with Crippen molar-refractivity contribution in [2.75, 3.05) is 19.6 Å². The van der Waals surface area contributed by atoms with Gasteiger partial charge in [0.1, 0.15) is 0 Å². The topological polar surface area (TPSA) is 53.1 Å². The highest BCUT2D eigenvalue weighted by Crippen LogP contribution is 1.97. The van der Waals surface area contributed by atoms with Gasteiger partial charge in [0.2, 0.25) is 0 Å². The van der Waals surface area contributed by atoms with Gasteiger partial charge in [-0.2, -0.15) is 0 Å². The molecule has 0 fully saturated rings. The van der Waals surface area contributed by atoms with Gasteiger partial charge in [0, 0.05) is 6.42 Å². The zero-order chi connectivity index (χ0) is 9.40. The van der Waals surface area contributed by atoms with Gasteiger partial charge in [-0.15, -0.1) is 0 Å². The van der Waals surface area contributed by atoms with Crippen LogP contribution in [-0.2, 0) is 0 Å². The Morgan fingerprint density at radius 3 is 2.25 bits per heavy atom. The van der Waals surface area contributed by atoms with Crippen LogP contribution in [0.5, 0.6) is 0 Å². The summed E-state index contributed by atoms with van der Waals surface area (Å²) in [5, 5.41) is 7.03. The summed E-state index contributed by atoms with van der Waals surface area (Å²) in [6, 6.07) is 0. The minimum Gasteiger partial charge on any atom is -0.388 e. The van der Waals surface area contributed by atoms with Crippen LogP contribution < -0.4 is 5.73 Å². The van der Waals surface area contributed by atoms with Crippen LogP contribution in [0.1, 0.15) is 33.1 Å². The molecule has 0 atom stereocenters. The Kier molecular flexibility index (Phi) is 6.76. The zero-order valence-corrected chi connectivity index (χ0v) is 8.27. The summed E-state index contributed by atoms with van der Waals surface area (Å²) < 4.78 is 0. The highest BCUT2D eigenvalue weighted by Gasteiger charge is 1.97. The minimum absolute atomic E-state index is 0.314. The number of unbranched alkanes of at least 4 members (excludes halogenated alkanes) is 1. The van der Waals surface area contributed by atoms with E-state index >= 15 is 0 Å². The highest BCUT2D eigenvalue weighted by molar-refractivity contribution is 5.76. The van der Waals surface area contributed by atoms with Crippen molar-refractivity contribution in [1.82, 2.24) is 4.90 Å². The van der Waals surface area contributed by atoms with Crippen molar-refractivity contribution in [2.24, 2.45) is 5.73 Å². The van der Waals surface area contributed by atoms with Gasteiger partial charge < -0.3 is 10.6 Å². The Morgan fingerprint density at radius 1 is 1.25 bits per heavy atom. The van der Waals surface area contributed by atoms with E-state index < -0.39 is 0 Å². The fraction of sp³-hybridized carbons (Fsp3) is 0.889. The van der Waals surface area contributed by atoms with Crippen molar-refractivity contribution >= 4 is 5.84 Å². The molecule has 0 aromatic rings. The molecular weight excluding hydrogens is 150 g/mol. The lowest BCUT2D eigenvalue weighted by atomic mass is 10.2. The van der Waals surface area contributed by atoms with Crippen LogP contribution in [0, 0.1) is 5.41 Å². The average Bonchev–Trinajstić information content (AvgIpc) is 2.04. The Labute approximate surface area is 75.4 Å². The summed E-state index contributed by atoms with van der Waals surface area (Å²) in [7, 11) is 0.